The summed E-state index contributed by atoms with van der Waals surface area (Å²) in [5.41, 5.74) is 0. The van der Waals surface area contributed by atoms with Gasteiger partial charge in [0.2, 0.25) is 0 Å². The van der Waals surface area contributed by atoms with E-state index in [0.717, 1.165) is 26.1 Å². The molecule has 0 aromatic rings. The van der Waals surface area contributed by atoms with Gasteiger partial charge in [0.1, 0.15) is 0 Å². The molecule has 0 radical (unpaired) electrons. The minimum atomic E-state index is -0.438. The Bertz CT molecular complexity index is 121. The van der Waals surface area contributed by atoms with Crippen LogP contribution in [0.2, 0.25) is 0 Å². The zero-order valence-corrected chi connectivity index (χ0v) is 7.95. The first-order chi connectivity index (χ1) is 5.12. The Morgan fingerprint density at radius 1 is 1.64 bits per heavy atom. The molecule has 1 fully saturated rings. The predicted octanol–water partition coefficient (Wildman–Crippen LogP) is 1.59. The molecule has 0 aliphatic carbocycles. The Labute approximate surface area is 73.3 Å². The first-order valence-corrected chi connectivity index (χ1v) is 4.54. The second-order valence-corrected chi connectivity index (χ2v) is 4.20. The molecule has 0 bridgehead atoms. The average Bonchev–Trinajstić information content (AvgIpc) is 1.85. The van der Waals surface area contributed by atoms with Crippen molar-refractivity contribution in [2.75, 3.05) is 19.7 Å². The predicted molar refractivity (Wildman–Crippen MR) is 46.9 cm³/mol. The largest absolute Gasteiger partial charge is 0.357 e. The van der Waals surface area contributed by atoms with Gasteiger partial charge in [0.05, 0.1) is 6.61 Å². The molecule has 2 nitrogen and oxygen atoms in total. The standard InChI is InChI=1S/C8H16ClNO/c1-7(2)5-8(9)6-10-3-4-11-8/h7,10H,3-6H2,1-2H3. The molecule has 66 valence electrons. The van der Waals surface area contributed by atoms with E-state index in [1.165, 1.54) is 0 Å². The van der Waals surface area contributed by atoms with E-state index in [2.05, 4.69) is 19.2 Å². The topological polar surface area (TPSA) is 21.3 Å². The SMILES string of the molecule is CC(C)CC1(Cl)CNCCO1. The fourth-order valence-electron chi connectivity index (χ4n) is 1.37. The smallest absolute Gasteiger partial charge is 0.154 e. The Hall–Kier alpha value is 0.210. The molecule has 0 aromatic heterocycles. The lowest BCUT2D eigenvalue weighted by Crippen LogP contribution is -2.46. The highest BCUT2D eigenvalue weighted by atomic mass is 35.5. The molecule has 11 heavy (non-hydrogen) atoms. The number of hydrogen-bond acceptors (Lipinski definition) is 2. The highest BCUT2D eigenvalue weighted by molar-refractivity contribution is 6.23. The molecule has 1 N–H and O–H groups in total. The third-order valence-corrected chi connectivity index (χ3v) is 2.14. The maximum atomic E-state index is 6.19. The lowest BCUT2D eigenvalue weighted by atomic mass is 10.0. The monoisotopic (exact) mass is 177 g/mol. The van der Waals surface area contributed by atoms with Crippen LogP contribution in [0.4, 0.5) is 0 Å². The Kier molecular flexibility index (Phi) is 3.16. The van der Waals surface area contributed by atoms with Crippen LogP contribution in [0.3, 0.4) is 0 Å². The molecule has 1 heterocycles. The van der Waals surface area contributed by atoms with Crippen LogP contribution in [0.15, 0.2) is 0 Å². The minimum absolute atomic E-state index is 0.438. The summed E-state index contributed by atoms with van der Waals surface area (Å²) in [5.74, 6) is 0.590. The molecule has 1 aliphatic heterocycles. The van der Waals surface area contributed by atoms with Crippen molar-refractivity contribution in [2.45, 2.75) is 25.3 Å². The van der Waals surface area contributed by atoms with E-state index in [9.17, 15) is 0 Å². The first-order valence-electron chi connectivity index (χ1n) is 4.16. The molecule has 1 aliphatic rings. The molecule has 0 spiro atoms. The lowest BCUT2D eigenvalue weighted by molar-refractivity contribution is -0.0167. The number of ether oxygens (including phenoxy) is 1. The van der Waals surface area contributed by atoms with Crippen LogP contribution in [0.1, 0.15) is 20.3 Å². The summed E-state index contributed by atoms with van der Waals surface area (Å²) >= 11 is 6.19. The summed E-state index contributed by atoms with van der Waals surface area (Å²) in [4.78, 5) is 0. The van der Waals surface area contributed by atoms with Crippen molar-refractivity contribution in [1.82, 2.24) is 5.32 Å². The third-order valence-electron chi connectivity index (χ3n) is 1.74. The molecule has 0 saturated carbocycles. The summed E-state index contributed by atoms with van der Waals surface area (Å²) in [6.45, 7) is 6.74. The molecule has 0 aromatic carbocycles. The summed E-state index contributed by atoms with van der Waals surface area (Å²) in [6, 6.07) is 0. The fourth-order valence-corrected chi connectivity index (χ4v) is 1.85. The number of morpholine rings is 1. The van der Waals surface area contributed by atoms with Crippen LogP contribution in [-0.2, 0) is 4.74 Å². The number of alkyl halides is 1. The van der Waals surface area contributed by atoms with Gasteiger partial charge in [0.25, 0.3) is 0 Å². The van der Waals surface area contributed by atoms with Crippen molar-refractivity contribution in [3.05, 3.63) is 0 Å². The normalized spacial score (nSPS) is 32.7. The Balaban J connectivity index is 2.37. The molecule has 0 amide bonds. The molecule has 1 rings (SSSR count). The van der Waals surface area contributed by atoms with Gasteiger partial charge in [-0.25, -0.2) is 0 Å². The first kappa shape index (κ1) is 9.30. The molecule has 1 atom stereocenters. The van der Waals surface area contributed by atoms with Crippen LogP contribution in [0, 0.1) is 5.92 Å². The fraction of sp³-hybridized carbons (Fsp3) is 1.00. The van der Waals surface area contributed by atoms with E-state index >= 15 is 0 Å². The van der Waals surface area contributed by atoms with Crippen molar-refractivity contribution < 1.29 is 4.74 Å². The number of hydrogen-bond donors (Lipinski definition) is 1. The highest BCUT2D eigenvalue weighted by Gasteiger charge is 2.30. The van der Waals surface area contributed by atoms with Gasteiger partial charge >= 0.3 is 0 Å². The van der Waals surface area contributed by atoms with E-state index in [1.54, 1.807) is 0 Å². The zero-order chi connectivity index (χ0) is 8.32. The number of rotatable bonds is 2. The van der Waals surface area contributed by atoms with Gasteiger partial charge in [-0.2, -0.15) is 0 Å². The molecule has 3 heteroatoms. The Morgan fingerprint density at radius 2 is 2.36 bits per heavy atom. The summed E-state index contributed by atoms with van der Waals surface area (Å²) < 4.78 is 5.48. The summed E-state index contributed by atoms with van der Waals surface area (Å²) in [7, 11) is 0. The number of nitrogens with one attached hydrogen (secondary N) is 1. The molecule has 1 saturated heterocycles. The van der Waals surface area contributed by atoms with Crippen molar-refractivity contribution in [1.29, 1.82) is 0 Å². The van der Waals surface area contributed by atoms with Crippen molar-refractivity contribution >= 4 is 11.6 Å². The van der Waals surface area contributed by atoms with Gasteiger partial charge in [0, 0.05) is 13.1 Å². The van der Waals surface area contributed by atoms with Gasteiger partial charge in [0.15, 0.2) is 5.06 Å². The van der Waals surface area contributed by atoms with Crippen LogP contribution >= 0.6 is 11.6 Å². The quantitative estimate of drug-likeness (QED) is 0.647. The second-order valence-electron chi connectivity index (χ2n) is 3.51. The van der Waals surface area contributed by atoms with Crippen molar-refractivity contribution in [3.8, 4) is 0 Å². The van der Waals surface area contributed by atoms with E-state index in [4.69, 9.17) is 16.3 Å². The van der Waals surface area contributed by atoms with E-state index < -0.39 is 5.06 Å². The van der Waals surface area contributed by atoms with E-state index in [1.807, 2.05) is 0 Å². The molecule has 1 unspecified atom stereocenters. The van der Waals surface area contributed by atoms with Crippen molar-refractivity contribution in [2.24, 2.45) is 5.92 Å². The highest BCUT2D eigenvalue weighted by Crippen LogP contribution is 2.26. The van der Waals surface area contributed by atoms with Gasteiger partial charge in [-0.3, -0.25) is 0 Å². The van der Waals surface area contributed by atoms with Crippen LogP contribution in [0.5, 0.6) is 0 Å². The number of halogens is 1. The van der Waals surface area contributed by atoms with Gasteiger partial charge in [-0.05, 0) is 12.3 Å². The minimum Gasteiger partial charge on any atom is -0.357 e. The third kappa shape index (κ3) is 2.97. The average molecular weight is 178 g/mol. The molecular formula is C8H16ClNO. The van der Waals surface area contributed by atoms with Gasteiger partial charge < -0.3 is 10.1 Å². The van der Waals surface area contributed by atoms with Crippen LogP contribution in [0.25, 0.3) is 0 Å². The maximum absolute atomic E-state index is 6.19. The van der Waals surface area contributed by atoms with Crippen molar-refractivity contribution in [3.63, 3.8) is 0 Å². The van der Waals surface area contributed by atoms with E-state index in [-0.39, 0.29) is 0 Å². The zero-order valence-electron chi connectivity index (χ0n) is 7.19. The lowest BCUT2D eigenvalue weighted by Gasteiger charge is -2.33. The van der Waals surface area contributed by atoms with Crippen LogP contribution < -0.4 is 5.32 Å². The van der Waals surface area contributed by atoms with Gasteiger partial charge in [-0.1, -0.05) is 25.4 Å². The Morgan fingerprint density at radius 3 is 2.82 bits per heavy atom. The van der Waals surface area contributed by atoms with Gasteiger partial charge in [-0.15, -0.1) is 0 Å². The van der Waals surface area contributed by atoms with Crippen LogP contribution in [-0.4, -0.2) is 24.8 Å². The molecular weight excluding hydrogens is 162 g/mol. The second kappa shape index (κ2) is 3.74. The maximum Gasteiger partial charge on any atom is 0.154 e. The summed E-state index contributed by atoms with van der Waals surface area (Å²) in [5, 5.41) is 2.79. The van der Waals surface area contributed by atoms with E-state index in [0.29, 0.717) is 5.92 Å². The summed E-state index contributed by atoms with van der Waals surface area (Å²) in [6.07, 6.45) is 0.918.